The number of imidazole rings is 1. The molecule has 4 aromatic rings. The fourth-order valence-electron chi connectivity index (χ4n) is 2.04. The molecule has 0 radical (unpaired) electrons. The summed E-state index contributed by atoms with van der Waals surface area (Å²) in [6, 6.07) is 5.66. The number of pyridine rings is 1. The van der Waals surface area contributed by atoms with Crippen molar-refractivity contribution in [2.45, 2.75) is 0 Å². The lowest BCUT2D eigenvalue weighted by Crippen LogP contribution is -2.09. The summed E-state index contributed by atoms with van der Waals surface area (Å²) >= 11 is 0. The molecule has 0 bridgehead atoms. The fourth-order valence-corrected chi connectivity index (χ4v) is 2.04. The molecule has 4 heterocycles. The molecule has 0 fully saturated rings. The summed E-state index contributed by atoms with van der Waals surface area (Å²) in [6.07, 6.45) is 6.44. The molecular weight excluding hydrogens is 270 g/mol. The number of hydrogen-bond donors (Lipinski definition) is 1. The number of nitrogens with two attached hydrogens (primary N) is 1. The molecule has 0 amide bonds. The first-order valence-electron chi connectivity index (χ1n) is 6.10. The third-order valence-corrected chi connectivity index (χ3v) is 2.92. The maximum atomic E-state index is 5.77. The van der Waals surface area contributed by atoms with Crippen molar-refractivity contribution in [2.75, 3.05) is 5.73 Å². The number of rotatable bonds is 2. The molecular formula is C12H9N9. The number of anilines is 1. The van der Waals surface area contributed by atoms with Gasteiger partial charge in [-0.2, -0.15) is 24.7 Å². The zero-order valence-corrected chi connectivity index (χ0v) is 10.7. The van der Waals surface area contributed by atoms with Crippen LogP contribution in [-0.4, -0.2) is 39.1 Å². The molecule has 9 heteroatoms. The van der Waals surface area contributed by atoms with E-state index in [9.17, 15) is 0 Å². The highest BCUT2D eigenvalue weighted by Gasteiger charge is 2.11. The number of fused-ring (bicyclic) bond motifs is 1. The van der Waals surface area contributed by atoms with Crippen molar-refractivity contribution < 1.29 is 0 Å². The molecule has 0 atom stereocenters. The lowest BCUT2D eigenvalue weighted by atomic mass is 10.3. The maximum absolute atomic E-state index is 5.77. The number of aromatic nitrogens is 8. The molecule has 0 aliphatic heterocycles. The molecule has 0 unspecified atom stereocenters. The van der Waals surface area contributed by atoms with Gasteiger partial charge in [0.25, 0.3) is 5.95 Å². The first-order chi connectivity index (χ1) is 10.3. The van der Waals surface area contributed by atoms with E-state index in [0.717, 1.165) is 11.3 Å². The van der Waals surface area contributed by atoms with Crippen molar-refractivity contribution in [3.63, 3.8) is 0 Å². The third kappa shape index (κ3) is 1.87. The summed E-state index contributed by atoms with van der Waals surface area (Å²) in [6.45, 7) is 0. The number of nitrogens with zero attached hydrogens (tertiary/aromatic N) is 8. The van der Waals surface area contributed by atoms with Crippen LogP contribution in [0.25, 0.3) is 23.1 Å². The van der Waals surface area contributed by atoms with E-state index in [0.29, 0.717) is 11.8 Å². The molecule has 21 heavy (non-hydrogen) atoms. The van der Waals surface area contributed by atoms with Gasteiger partial charge in [0, 0.05) is 12.4 Å². The Labute approximate surface area is 118 Å². The Morgan fingerprint density at radius 1 is 1.10 bits per heavy atom. The van der Waals surface area contributed by atoms with Gasteiger partial charge in [-0.25, -0.2) is 9.97 Å². The van der Waals surface area contributed by atoms with E-state index in [2.05, 4.69) is 30.0 Å². The Bertz CT molecular complexity index is 910. The smallest absolute Gasteiger partial charge is 0.257 e. The largest absolute Gasteiger partial charge is 0.368 e. The summed E-state index contributed by atoms with van der Waals surface area (Å²) in [5.74, 6) is 0.867. The molecule has 0 aromatic carbocycles. The molecule has 4 aromatic heterocycles. The van der Waals surface area contributed by atoms with Crippen molar-refractivity contribution in [1.29, 1.82) is 0 Å². The van der Waals surface area contributed by atoms with Crippen molar-refractivity contribution in [1.82, 2.24) is 39.1 Å². The van der Waals surface area contributed by atoms with Gasteiger partial charge in [0.2, 0.25) is 5.95 Å². The van der Waals surface area contributed by atoms with Crippen LogP contribution in [0.5, 0.6) is 0 Å². The van der Waals surface area contributed by atoms with Crippen molar-refractivity contribution >= 4 is 11.6 Å². The SMILES string of the molecule is Nc1nc(-c2cccc3nccn23)nc(-n2cncn2)n1. The zero-order valence-electron chi connectivity index (χ0n) is 10.7. The zero-order chi connectivity index (χ0) is 14.2. The molecule has 0 saturated heterocycles. The standard InChI is InChI=1S/C12H9N9/c13-11-17-10(18-12(19-11)21-7-14-6-16-21)8-2-1-3-9-15-4-5-20(8)9/h1-7H,(H2,13,17,18,19). The van der Waals surface area contributed by atoms with Crippen molar-refractivity contribution in [3.05, 3.63) is 43.2 Å². The van der Waals surface area contributed by atoms with E-state index in [-0.39, 0.29) is 5.95 Å². The van der Waals surface area contributed by atoms with Crippen LogP contribution >= 0.6 is 0 Å². The maximum Gasteiger partial charge on any atom is 0.257 e. The lowest BCUT2D eigenvalue weighted by molar-refractivity contribution is 0.798. The van der Waals surface area contributed by atoms with Gasteiger partial charge in [-0.3, -0.25) is 4.40 Å². The third-order valence-electron chi connectivity index (χ3n) is 2.92. The van der Waals surface area contributed by atoms with Crippen LogP contribution in [0.4, 0.5) is 5.95 Å². The van der Waals surface area contributed by atoms with Gasteiger partial charge in [0.1, 0.15) is 18.3 Å². The molecule has 0 spiro atoms. The minimum absolute atomic E-state index is 0.114. The van der Waals surface area contributed by atoms with E-state index in [1.54, 1.807) is 6.20 Å². The highest BCUT2D eigenvalue weighted by Crippen LogP contribution is 2.18. The van der Waals surface area contributed by atoms with Crippen molar-refractivity contribution in [2.24, 2.45) is 0 Å². The van der Waals surface area contributed by atoms with E-state index in [4.69, 9.17) is 5.73 Å². The average Bonchev–Trinajstić information content (AvgIpc) is 3.17. The summed E-state index contributed by atoms with van der Waals surface area (Å²) in [5.41, 5.74) is 7.34. The molecule has 0 aliphatic rings. The summed E-state index contributed by atoms with van der Waals surface area (Å²) < 4.78 is 3.30. The van der Waals surface area contributed by atoms with Crippen LogP contribution in [0.2, 0.25) is 0 Å². The Morgan fingerprint density at radius 2 is 2.05 bits per heavy atom. The molecule has 0 aliphatic carbocycles. The Hall–Kier alpha value is -3.36. The molecule has 102 valence electrons. The lowest BCUT2D eigenvalue weighted by Gasteiger charge is -2.06. The van der Waals surface area contributed by atoms with Gasteiger partial charge >= 0.3 is 0 Å². The Kier molecular flexibility index (Phi) is 2.37. The van der Waals surface area contributed by atoms with Gasteiger partial charge < -0.3 is 5.73 Å². The van der Waals surface area contributed by atoms with Crippen molar-refractivity contribution in [3.8, 4) is 17.5 Å². The van der Waals surface area contributed by atoms with E-state index >= 15 is 0 Å². The monoisotopic (exact) mass is 279 g/mol. The second-order valence-electron chi connectivity index (χ2n) is 4.22. The van der Waals surface area contributed by atoms with Crippen LogP contribution in [0.1, 0.15) is 0 Å². The second-order valence-corrected chi connectivity index (χ2v) is 4.22. The van der Waals surface area contributed by atoms with Gasteiger partial charge in [-0.1, -0.05) is 6.07 Å². The summed E-state index contributed by atoms with van der Waals surface area (Å²) in [7, 11) is 0. The van der Waals surface area contributed by atoms with Gasteiger partial charge in [-0.05, 0) is 12.1 Å². The van der Waals surface area contributed by atoms with E-state index in [1.165, 1.54) is 17.3 Å². The summed E-state index contributed by atoms with van der Waals surface area (Å²) in [5, 5.41) is 3.99. The molecule has 2 N–H and O–H groups in total. The van der Waals surface area contributed by atoms with Crippen LogP contribution in [-0.2, 0) is 0 Å². The van der Waals surface area contributed by atoms with Crippen LogP contribution in [0.3, 0.4) is 0 Å². The quantitative estimate of drug-likeness (QED) is 0.563. The molecule has 9 nitrogen and oxygen atoms in total. The second kappa shape index (κ2) is 4.34. The van der Waals surface area contributed by atoms with E-state index in [1.807, 2.05) is 28.8 Å². The Morgan fingerprint density at radius 3 is 2.90 bits per heavy atom. The summed E-state index contributed by atoms with van der Waals surface area (Å²) in [4.78, 5) is 20.7. The molecule has 4 rings (SSSR count). The predicted octanol–water partition coefficient (Wildman–Crippen LogP) is 0.349. The topological polar surface area (TPSA) is 113 Å². The highest BCUT2D eigenvalue weighted by atomic mass is 15.4. The number of hydrogen-bond acceptors (Lipinski definition) is 7. The fraction of sp³-hybridized carbons (Fsp3) is 0. The van der Waals surface area contributed by atoms with Gasteiger partial charge in [0.05, 0.1) is 5.69 Å². The van der Waals surface area contributed by atoms with E-state index < -0.39 is 0 Å². The predicted molar refractivity (Wildman–Crippen MR) is 73.3 cm³/mol. The van der Waals surface area contributed by atoms with Gasteiger partial charge in [-0.15, -0.1) is 0 Å². The van der Waals surface area contributed by atoms with Crippen LogP contribution in [0.15, 0.2) is 43.2 Å². The highest BCUT2D eigenvalue weighted by molar-refractivity contribution is 5.57. The minimum atomic E-state index is 0.114. The minimum Gasteiger partial charge on any atom is -0.368 e. The van der Waals surface area contributed by atoms with Crippen LogP contribution < -0.4 is 5.73 Å². The van der Waals surface area contributed by atoms with Crippen LogP contribution in [0, 0.1) is 0 Å². The normalized spacial score (nSPS) is 11.0. The number of nitrogen functional groups attached to an aromatic ring is 1. The average molecular weight is 279 g/mol. The molecule has 0 saturated carbocycles. The van der Waals surface area contributed by atoms with Gasteiger partial charge in [0.15, 0.2) is 5.82 Å². The first-order valence-corrected chi connectivity index (χ1v) is 6.10. The first kappa shape index (κ1) is 11.5. The Balaban J connectivity index is 1.95.